The Bertz CT molecular complexity index is 673. The summed E-state index contributed by atoms with van der Waals surface area (Å²) in [5.74, 6) is -0.210. The number of halogens is 1. The number of ether oxygens (including phenoxy) is 1. The van der Waals surface area contributed by atoms with Crippen molar-refractivity contribution in [1.29, 1.82) is 0 Å². The molecule has 1 heterocycles. The number of phenols is 1. The molecule has 4 nitrogen and oxygen atoms in total. The maximum absolute atomic E-state index is 12.1. The lowest BCUT2D eigenvalue weighted by molar-refractivity contribution is 0.0527. The molecular formula is C14H16BrNO3. The first kappa shape index (κ1) is 13.9. The van der Waals surface area contributed by atoms with Crippen molar-refractivity contribution in [3.05, 3.63) is 27.4 Å². The van der Waals surface area contributed by atoms with Crippen LogP contribution in [0.4, 0.5) is 0 Å². The number of rotatable bonds is 2. The van der Waals surface area contributed by atoms with Gasteiger partial charge in [0, 0.05) is 18.1 Å². The van der Waals surface area contributed by atoms with Gasteiger partial charge < -0.3 is 14.4 Å². The number of nitrogens with zero attached hydrogens (tertiary/aromatic N) is 1. The number of aromatic hydroxyl groups is 1. The van der Waals surface area contributed by atoms with Crippen molar-refractivity contribution in [1.82, 2.24) is 4.57 Å². The van der Waals surface area contributed by atoms with E-state index in [0.717, 1.165) is 16.8 Å². The first-order chi connectivity index (χ1) is 8.90. The van der Waals surface area contributed by atoms with Crippen LogP contribution in [0.2, 0.25) is 0 Å². The second-order valence-corrected chi connectivity index (χ2v) is 5.28. The van der Waals surface area contributed by atoms with Crippen LogP contribution in [0.25, 0.3) is 10.9 Å². The van der Waals surface area contributed by atoms with Gasteiger partial charge >= 0.3 is 5.97 Å². The number of phenolic OH excluding ortho intramolecular Hbond substituents is 1. The van der Waals surface area contributed by atoms with Gasteiger partial charge in [0.15, 0.2) is 0 Å². The Hall–Kier alpha value is -1.49. The number of hydrogen-bond donors (Lipinski definition) is 1. The van der Waals surface area contributed by atoms with Crippen LogP contribution in [-0.2, 0) is 11.8 Å². The Morgan fingerprint density at radius 1 is 1.47 bits per heavy atom. The van der Waals surface area contributed by atoms with Crippen LogP contribution in [0.15, 0.2) is 10.5 Å². The number of hydrogen-bond acceptors (Lipinski definition) is 3. The minimum atomic E-state index is -0.366. The highest BCUT2D eigenvalue weighted by Crippen LogP contribution is 2.39. The SMILES string of the molecule is CCOC(=O)c1c(C)n(C)c2cc(C)c(O)c(Br)c12. The van der Waals surface area contributed by atoms with Crippen LogP contribution in [0.1, 0.15) is 28.5 Å². The van der Waals surface area contributed by atoms with Crippen molar-refractivity contribution in [2.75, 3.05) is 6.61 Å². The number of carbonyl (C=O) groups is 1. The van der Waals surface area contributed by atoms with E-state index < -0.39 is 0 Å². The molecule has 19 heavy (non-hydrogen) atoms. The summed E-state index contributed by atoms with van der Waals surface area (Å²) in [7, 11) is 1.89. The number of benzene rings is 1. The molecule has 0 aliphatic heterocycles. The average molecular weight is 326 g/mol. The molecule has 1 aromatic heterocycles. The lowest BCUT2D eigenvalue weighted by Gasteiger charge is -2.06. The van der Waals surface area contributed by atoms with Gasteiger partial charge in [-0.2, -0.15) is 0 Å². The van der Waals surface area contributed by atoms with E-state index in [1.54, 1.807) is 6.92 Å². The number of aromatic nitrogens is 1. The number of esters is 1. The number of carbonyl (C=O) groups excluding carboxylic acids is 1. The molecule has 2 aromatic rings. The molecule has 102 valence electrons. The standard InChI is InChI=1S/C14H16BrNO3/c1-5-19-14(18)10-8(3)16(4)9-6-7(2)13(17)12(15)11(9)10/h6,17H,5H2,1-4H3. The third-order valence-electron chi connectivity index (χ3n) is 3.37. The summed E-state index contributed by atoms with van der Waals surface area (Å²) in [6, 6.07) is 1.87. The summed E-state index contributed by atoms with van der Waals surface area (Å²) >= 11 is 3.38. The fraction of sp³-hybridized carbons (Fsp3) is 0.357. The Kier molecular flexibility index (Phi) is 3.58. The fourth-order valence-electron chi connectivity index (χ4n) is 2.23. The van der Waals surface area contributed by atoms with Gasteiger partial charge in [0.1, 0.15) is 5.75 Å². The first-order valence-electron chi connectivity index (χ1n) is 6.04. The summed E-state index contributed by atoms with van der Waals surface area (Å²) < 4.78 is 7.57. The maximum Gasteiger partial charge on any atom is 0.340 e. The van der Waals surface area contributed by atoms with Crippen LogP contribution in [0, 0.1) is 13.8 Å². The number of fused-ring (bicyclic) bond motifs is 1. The molecular weight excluding hydrogens is 310 g/mol. The van der Waals surface area contributed by atoms with Gasteiger partial charge in [0.05, 0.1) is 22.2 Å². The lowest BCUT2D eigenvalue weighted by Crippen LogP contribution is -2.06. The Balaban J connectivity index is 2.88. The summed E-state index contributed by atoms with van der Waals surface area (Å²) in [6.07, 6.45) is 0. The first-order valence-corrected chi connectivity index (χ1v) is 6.83. The van der Waals surface area contributed by atoms with Crippen molar-refractivity contribution >= 4 is 32.8 Å². The Morgan fingerprint density at radius 2 is 2.11 bits per heavy atom. The van der Waals surface area contributed by atoms with Gasteiger partial charge in [-0.25, -0.2) is 4.79 Å². The van der Waals surface area contributed by atoms with Crippen LogP contribution in [-0.4, -0.2) is 22.2 Å². The molecule has 0 unspecified atom stereocenters. The monoisotopic (exact) mass is 325 g/mol. The largest absolute Gasteiger partial charge is 0.506 e. The van der Waals surface area contributed by atoms with Crippen molar-refractivity contribution < 1.29 is 14.6 Å². The highest BCUT2D eigenvalue weighted by molar-refractivity contribution is 9.10. The molecule has 0 aliphatic carbocycles. The lowest BCUT2D eigenvalue weighted by atomic mass is 10.1. The van der Waals surface area contributed by atoms with E-state index in [-0.39, 0.29) is 11.7 Å². The zero-order valence-electron chi connectivity index (χ0n) is 11.4. The van der Waals surface area contributed by atoms with E-state index in [1.165, 1.54) is 0 Å². The van der Waals surface area contributed by atoms with Gasteiger partial charge in [-0.1, -0.05) is 0 Å². The third kappa shape index (κ3) is 2.02. The van der Waals surface area contributed by atoms with Gasteiger partial charge in [0.25, 0.3) is 0 Å². The van der Waals surface area contributed by atoms with E-state index in [2.05, 4.69) is 15.9 Å². The summed E-state index contributed by atoms with van der Waals surface area (Å²) in [5.41, 5.74) is 2.97. The van der Waals surface area contributed by atoms with Crippen LogP contribution >= 0.6 is 15.9 Å². The second-order valence-electron chi connectivity index (χ2n) is 4.49. The molecule has 1 N–H and O–H groups in total. The topological polar surface area (TPSA) is 51.5 Å². The third-order valence-corrected chi connectivity index (χ3v) is 4.14. The Labute approximate surface area is 120 Å². The summed E-state index contributed by atoms with van der Waals surface area (Å²) in [5, 5.41) is 10.7. The molecule has 0 bridgehead atoms. The minimum Gasteiger partial charge on any atom is -0.506 e. The normalized spacial score (nSPS) is 11.0. The maximum atomic E-state index is 12.1. The highest BCUT2D eigenvalue weighted by atomic mass is 79.9. The average Bonchev–Trinajstić information content (AvgIpc) is 2.61. The smallest absolute Gasteiger partial charge is 0.340 e. The zero-order chi connectivity index (χ0) is 14.3. The summed E-state index contributed by atoms with van der Waals surface area (Å²) in [6.45, 7) is 5.79. The number of aryl methyl sites for hydroxylation is 2. The zero-order valence-corrected chi connectivity index (χ0v) is 13.0. The predicted molar refractivity (Wildman–Crippen MR) is 77.7 cm³/mol. The van der Waals surface area contributed by atoms with E-state index in [4.69, 9.17) is 4.74 Å². The van der Waals surface area contributed by atoms with Gasteiger partial charge in [-0.3, -0.25) is 0 Å². The molecule has 0 radical (unpaired) electrons. The van der Waals surface area contributed by atoms with E-state index in [0.29, 0.717) is 22.0 Å². The predicted octanol–water partition coefficient (Wildman–Crippen LogP) is 3.44. The van der Waals surface area contributed by atoms with Crippen LogP contribution < -0.4 is 0 Å². The molecule has 0 atom stereocenters. The van der Waals surface area contributed by atoms with E-state index in [9.17, 15) is 9.90 Å². The van der Waals surface area contributed by atoms with Crippen molar-refractivity contribution in [2.45, 2.75) is 20.8 Å². The molecule has 0 saturated heterocycles. The molecule has 0 aliphatic rings. The fourth-order valence-corrected chi connectivity index (χ4v) is 2.95. The van der Waals surface area contributed by atoms with Crippen molar-refractivity contribution in [2.24, 2.45) is 7.05 Å². The quantitative estimate of drug-likeness (QED) is 0.860. The van der Waals surface area contributed by atoms with E-state index in [1.807, 2.05) is 31.5 Å². The van der Waals surface area contributed by atoms with Gasteiger partial charge in [0.2, 0.25) is 0 Å². The van der Waals surface area contributed by atoms with Gasteiger partial charge in [-0.05, 0) is 48.3 Å². The van der Waals surface area contributed by atoms with Crippen LogP contribution in [0.3, 0.4) is 0 Å². The molecule has 0 spiro atoms. The molecule has 0 fully saturated rings. The Morgan fingerprint density at radius 3 is 2.68 bits per heavy atom. The summed E-state index contributed by atoms with van der Waals surface area (Å²) in [4.78, 5) is 12.1. The molecule has 0 saturated carbocycles. The molecule has 2 rings (SSSR count). The van der Waals surface area contributed by atoms with Crippen molar-refractivity contribution in [3.8, 4) is 5.75 Å². The minimum absolute atomic E-state index is 0.156. The van der Waals surface area contributed by atoms with Crippen molar-refractivity contribution in [3.63, 3.8) is 0 Å². The van der Waals surface area contributed by atoms with E-state index >= 15 is 0 Å². The molecule has 0 amide bonds. The van der Waals surface area contributed by atoms with Crippen LogP contribution in [0.5, 0.6) is 5.75 Å². The van der Waals surface area contributed by atoms with Gasteiger partial charge in [-0.15, -0.1) is 0 Å². The highest BCUT2D eigenvalue weighted by Gasteiger charge is 2.23. The molecule has 1 aromatic carbocycles. The molecule has 5 heteroatoms. The second kappa shape index (κ2) is 4.89.